The quantitative estimate of drug-likeness (QED) is 0.634. The van der Waals surface area contributed by atoms with Crippen molar-refractivity contribution in [1.82, 2.24) is 10.6 Å². The summed E-state index contributed by atoms with van der Waals surface area (Å²) in [5, 5.41) is 5.70. The summed E-state index contributed by atoms with van der Waals surface area (Å²) in [6.07, 6.45) is 1.67. The van der Waals surface area contributed by atoms with Gasteiger partial charge in [-0.25, -0.2) is 0 Å². The van der Waals surface area contributed by atoms with E-state index in [1.165, 1.54) is 0 Å². The summed E-state index contributed by atoms with van der Waals surface area (Å²) in [6.45, 7) is 1.91. The molecule has 0 saturated heterocycles. The van der Waals surface area contributed by atoms with Gasteiger partial charge in [-0.1, -0.05) is 78.9 Å². The molecule has 0 spiro atoms. The first-order valence-electron chi connectivity index (χ1n) is 9.12. The minimum atomic E-state index is -0.343. The van der Waals surface area contributed by atoms with E-state index in [0.29, 0.717) is 5.56 Å². The Balaban J connectivity index is 1.82. The van der Waals surface area contributed by atoms with E-state index in [1.807, 2.05) is 73.7 Å². The SMILES string of the molecule is CC(NC(=O)/C(=C\c1ccccc1)NC(=O)c1ccccc1)c1ccccc1. The van der Waals surface area contributed by atoms with Crippen LogP contribution >= 0.6 is 0 Å². The van der Waals surface area contributed by atoms with Crippen molar-refractivity contribution in [3.8, 4) is 0 Å². The first-order valence-corrected chi connectivity index (χ1v) is 9.12. The Labute approximate surface area is 164 Å². The third kappa shape index (κ3) is 5.17. The molecule has 3 aromatic carbocycles. The second-order valence-corrected chi connectivity index (χ2v) is 6.39. The highest BCUT2D eigenvalue weighted by atomic mass is 16.2. The van der Waals surface area contributed by atoms with Gasteiger partial charge in [0.1, 0.15) is 5.70 Å². The first-order chi connectivity index (χ1) is 13.6. The minimum absolute atomic E-state index is 0.193. The average molecular weight is 370 g/mol. The van der Waals surface area contributed by atoms with E-state index in [0.717, 1.165) is 11.1 Å². The van der Waals surface area contributed by atoms with Crippen LogP contribution in [0.3, 0.4) is 0 Å². The number of carbonyl (C=O) groups excluding carboxylic acids is 2. The summed E-state index contributed by atoms with van der Waals surface area (Å²) in [7, 11) is 0. The van der Waals surface area contributed by atoms with Crippen molar-refractivity contribution in [3.05, 3.63) is 113 Å². The lowest BCUT2D eigenvalue weighted by Gasteiger charge is -2.16. The zero-order chi connectivity index (χ0) is 19.8. The number of amides is 2. The monoisotopic (exact) mass is 370 g/mol. The number of rotatable bonds is 6. The van der Waals surface area contributed by atoms with Gasteiger partial charge in [-0.3, -0.25) is 9.59 Å². The van der Waals surface area contributed by atoms with E-state index in [9.17, 15) is 9.59 Å². The van der Waals surface area contributed by atoms with Crippen LogP contribution < -0.4 is 10.6 Å². The van der Waals surface area contributed by atoms with Gasteiger partial charge in [0.25, 0.3) is 11.8 Å². The molecule has 4 heteroatoms. The van der Waals surface area contributed by atoms with Crippen molar-refractivity contribution in [1.29, 1.82) is 0 Å². The van der Waals surface area contributed by atoms with Gasteiger partial charge in [-0.2, -0.15) is 0 Å². The molecule has 0 aliphatic rings. The lowest BCUT2D eigenvalue weighted by atomic mass is 10.1. The fourth-order valence-corrected chi connectivity index (χ4v) is 2.76. The molecule has 0 radical (unpaired) electrons. The zero-order valence-electron chi connectivity index (χ0n) is 15.6. The Morgan fingerprint density at radius 3 is 1.93 bits per heavy atom. The van der Waals surface area contributed by atoms with Crippen molar-refractivity contribution in [3.63, 3.8) is 0 Å². The highest BCUT2D eigenvalue weighted by Gasteiger charge is 2.17. The third-order valence-corrected chi connectivity index (χ3v) is 4.29. The van der Waals surface area contributed by atoms with Gasteiger partial charge in [0.2, 0.25) is 0 Å². The lowest BCUT2D eigenvalue weighted by molar-refractivity contribution is -0.118. The maximum absolute atomic E-state index is 12.9. The normalized spacial score (nSPS) is 12.1. The summed E-state index contributed by atoms with van der Waals surface area (Å²) in [5.74, 6) is -0.671. The van der Waals surface area contributed by atoms with Gasteiger partial charge in [0, 0.05) is 5.56 Å². The van der Waals surface area contributed by atoms with Crippen molar-refractivity contribution >= 4 is 17.9 Å². The van der Waals surface area contributed by atoms with Crippen molar-refractivity contribution in [2.75, 3.05) is 0 Å². The van der Waals surface area contributed by atoms with Crippen molar-refractivity contribution in [2.45, 2.75) is 13.0 Å². The summed E-state index contributed by atoms with van der Waals surface area (Å²) >= 11 is 0. The molecule has 0 aromatic heterocycles. The van der Waals surface area contributed by atoms with E-state index >= 15 is 0 Å². The molecule has 0 aliphatic carbocycles. The van der Waals surface area contributed by atoms with Crippen LogP contribution in [-0.2, 0) is 4.79 Å². The molecular weight excluding hydrogens is 348 g/mol. The van der Waals surface area contributed by atoms with Gasteiger partial charge in [-0.05, 0) is 36.3 Å². The fourth-order valence-electron chi connectivity index (χ4n) is 2.76. The lowest BCUT2D eigenvalue weighted by Crippen LogP contribution is -2.36. The highest BCUT2D eigenvalue weighted by Crippen LogP contribution is 2.13. The average Bonchev–Trinajstić information content (AvgIpc) is 2.75. The van der Waals surface area contributed by atoms with Gasteiger partial charge in [0.15, 0.2) is 0 Å². The molecule has 3 rings (SSSR count). The Hall–Kier alpha value is -3.66. The van der Waals surface area contributed by atoms with Crippen LogP contribution in [-0.4, -0.2) is 11.8 Å². The highest BCUT2D eigenvalue weighted by molar-refractivity contribution is 6.05. The molecule has 0 bridgehead atoms. The van der Waals surface area contributed by atoms with Crippen LogP contribution in [0.15, 0.2) is 96.7 Å². The molecule has 4 nitrogen and oxygen atoms in total. The molecular formula is C24H22N2O2. The Morgan fingerprint density at radius 2 is 1.32 bits per heavy atom. The Morgan fingerprint density at radius 1 is 0.786 bits per heavy atom. The number of hydrogen-bond donors (Lipinski definition) is 2. The molecule has 1 atom stereocenters. The largest absolute Gasteiger partial charge is 0.344 e. The van der Waals surface area contributed by atoms with E-state index in [1.54, 1.807) is 30.3 Å². The van der Waals surface area contributed by atoms with Gasteiger partial charge >= 0.3 is 0 Å². The maximum Gasteiger partial charge on any atom is 0.268 e. The van der Waals surface area contributed by atoms with Crippen LogP contribution in [0, 0.1) is 0 Å². The van der Waals surface area contributed by atoms with Gasteiger partial charge in [-0.15, -0.1) is 0 Å². The molecule has 0 saturated carbocycles. The van der Waals surface area contributed by atoms with E-state index in [-0.39, 0.29) is 23.6 Å². The number of carbonyl (C=O) groups is 2. The molecule has 0 fully saturated rings. The topological polar surface area (TPSA) is 58.2 Å². The Kier molecular flexibility index (Phi) is 6.37. The third-order valence-electron chi connectivity index (χ3n) is 4.29. The Bertz CT molecular complexity index is 952. The van der Waals surface area contributed by atoms with Crippen molar-refractivity contribution in [2.24, 2.45) is 0 Å². The second-order valence-electron chi connectivity index (χ2n) is 6.39. The molecule has 3 aromatic rings. The van der Waals surface area contributed by atoms with Crippen LogP contribution in [0.2, 0.25) is 0 Å². The van der Waals surface area contributed by atoms with Crippen LogP contribution in [0.5, 0.6) is 0 Å². The fraction of sp³-hybridized carbons (Fsp3) is 0.0833. The zero-order valence-corrected chi connectivity index (χ0v) is 15.6. The maximum atomic E-state index is 12.9. The molecule has 2 amide bonds. The molecule has 1 unspecified atom stereocenters. The van der Waals surface area contributed by atoms with Gasteiger partial charge < -0.3 is 10.6 Å². The summed E-state index contributed by atoms with van der Waals surface area (Å²) in [5.41, 5.74) is 2.51. The van der Waals surface area contributed by atoms with E-state index in [2.05, 4.69) is 10.6 Å². The molecule has 28 heavy (non-hydrogen) atoms. The van der Waals surface area contributed by atoms with Crippen LogP contribution in [0.1, 0.15) is 34.5 Å². The predicted octanol–water partition coefficient (Wildman–Crippen LogP) is 4.33. The number of benzene rings is 3. The molecule has 0 aliphatic heterocycles. The number of nitrogens with one attached hydrogen (secondary N) is 2. The number of hydrogen-bond acceptors (Lipinski definition) is 2. The van der Waals surface area contributed by atoms with Gasteiger partial charge in [0.05, 0.1) is 6.04 Å². The van der Waals surface area contributed by atoms with E-state index < -0.39 is 0 Å². The molecule has 2 N–H and O–H groups in total. The summed E-state index contributed by atoms with van der Waals surface area (Å²) < 4.78 is 0. The first kappa shape index (κ1) is 19.1. The smallest absolute Gasteiger partial charge is 0.268 e. The van der Waals surface area contributed by atoms with Crippen LogP contribution in [0.25, 0.3) is 6.08 Å². The van der Waals surface area contributed by atoms with Crippen LogP contribution in [0.4, 0.5) is 0 Å². The molecule has 0 heterocycles. The second kappa shape index (κ2) is 9.33. The predicted molar refractivity (Wildman–Crippen MR) is 111 cm³/mol. The summed E-state index contributed by atoms with van der Waals surface area (Å²) in [4.78, 5) is 25.5. The minimum Gasteiger partial charge on any atom is -0.344 e. The summed E-state index contributed by atoms with van der Waals surface area (Å²) in [6, 6.07) is 27.7. The molecule has 140 valence electrons. The van der Waals surface area contributed by atoms with E-state index in [4.69, 9.17) is 0 Å². The standard InChI is InChI=1S/C24H22N2O2/c1-18(20-13-7-3-8-14-20)25-24(28)22(17-19-11-5-2-6-12-19)26-23(27)21-15-9-4-10-16-21/h2-18H,1H3,(H,25,28)(H,26,27)/b22-17+. The van der Waals surface area contributed by atoms with Crippen molar-refractivity contribution < 1.29 is 9.59 Å².